The Kier molecular flexibility index (Phi) is 6.45. The zero-order chi connectivity index (χ0) is 25.8. The van der Waals surface area contributed by atoms with Crippen molar-refractivity contribution in [1.29, 1.82) is 0 Å². The number of fused-ring (bicyclic) bond motifs is 1. The molecule has 12 heteroatoms. The number of benzene rings is 3. The maximum atomic E-state index is 13.2. The van der Waals surface area contributed by atoms with Crippen LogP contribution >= 0.6 is 0 Å². The summed E-state index contributed by atoms with van der Waals surface area (Å²) < 4.78 is 17.0. The van der Waals surface area contributed by atoms with E-state index < -0.39 is 5.91 Å². The molecule has 0 atom stereocenters. The maximum absolute atomic E-state index is 13.2. The largest absolute Gasteiger partial charge is 0.496 e. The van der Waals surface area contributed by atoms with E-state index in [0.29, 0.717) is 29.4 Å². The first-order chi connectivity index (χ1) is 18.1. The highest BCUT2D eigenvalue weighted by Crippen LogP contribution is 2.29. The summed E-state index contributed by atoms with van der Waals surface area (Å²) in [7, 11) is 1.58. The number of carbonyl (C=O) groups excluding carboxylic acids is 1. The Morgan fingerprint density at radius 3 is 2.68 bits per heavy atom. The van der Waals surface area contributed by atoms with Gasteiger partial charge in [-0.15, -0.1) is 5.10 Å². The second-order valence-corrected chi connectivity index (χ2v) is 7.73. The van der Waals surface area contributed by atoms with Crippen LogP contribution in [-0.4, -0.2) is 51.1 Å². The minimum absolute atomic E-state index is 0.00593. The number of nitrogens with two attached hydrogens (primary N) is 1. The van der Waals surface area contributed by atoms with Crippen LogP contribution in [0, 0.1) is 0 Å². The van der Waals surface area contributed by atoms with Gasteiger partial charge in [-0.25, -0.2) is 10.1 Å². The molecule has 5 rings (SSSR count). The molecule has 1 amide bonds. The molecule has 0 bridgehead atoms. The Balaban J connectivity index is 1.50. The summed E-state index contributed by atoms with van der Waals surface area (Å²) in [6.07, 6.45) is 1.53. The maximum Gasteiger partial charge on any atom is 0.294 e. The molecule has 0 spiro atoms. The van der Waals surface area contributed by atoms with Gasteiger partial charge in [0.15, 0.2) is 5.69 Å². The molecule has 0 aliphatic heterocycles. The average molecular weight is 499 g/mol. The number of anilines is 1. The molecular weight excluding hydrogens is 476 g/mol. The molecular formula is C25H22N8O4. The predicted molar refractivity (Wildman–Crippen MR) is 136 cm³/mol. The first-order valence-corrected chi connectivity index (χ1v) is 11.3. The molecule has 5 aromatic rings. The normalized spacial score (nSPS) is 11.2. The summed E-state index contributed by atoms with van der Waals surface area (Å²) in [6.45, 7) is 2.41. The molecule has 0 radical (unpaired) electrons. The van der Waals surface area contributed by atoms with Gasteiger partial charge in [0.05, 0.1) is 19.9 Å². The number of nitrogens with zero attached hydrogens (tertiary/aromatic N) is 6. The highest BCUT2D eigenvalue weighted by molar-refractivity contribution is 6.03. The van der Waals surface area contributed by atoms with Gasteiger partial charge >= 0.3 is 0 Å². The van der Waals surface area contributed by atoms with E-state index in [9.17, 15) is 4.79 Å². The van der Waals surface area contributed by atoms with Crippen LogP contribution in [0.1, 0.15) is 23.0 Å². The van der Waals surface area contributed by atoms with Crippen molar-refractivity contribution in [1.82, 2.24) is 30.7 Å². The minimum atomic E-state index is -0.597. The molecule has 3 aromatic carbocycles. The van der Waals surface area contributed by atoms with Gasteiger partial charge in [0.1, 0.15) is 17.2 Å². The van der Waals surface area contributed by atoms with Crippen molar-refractivity contribution in [3.8, 4) is 28.6 Å². The van der Waals surface area contributed by atoms with E-state index in [0.717, 1.165) is 16.3 Å². The number of nitrogens with one attached hydrogen (secondary N) is 1. The van der Waals surface area contributed by atoms with Crippen LogP contribution < -0.4 is 20.6 Å². The number of aromatic nitrogens is 5. The molecule has 186 valence electrons. The highest BCUT2D eigenvalue weighted by atomic mass is 16.6. The molecule has 3 N–H and O–H groups in total. The monoisotopic (exact) mass is 498 g/mol. The Bertz CT molecular complexity index is 1590. The van der Waals surface area contributed by atoms with Gasteiger partial charge in [-0.1, -0.05) is 35.5 Å². The zero-order valence-corrected chi connectivity index (χ0v) is 20.0. The fourth-order valence-corrected chi connectivity index (χ4v) is 3.85. The van der Waals surface area contributed by atoms with Crippen molar-refractivity contribution in [3.63, 3.8) is 0 Å². The van der Waals surface area contributed by atoms with Crippen molar-refractivity contribution < 1.29 is 18.9 Å². The van der Waals surface area contributed by atoms with Crippen molar-refractivity contribution in [2.45, 2.75) is 6.92 Å². The van der Waals surface area contributed by atoms with Crippen LogP contribution in [0.3, 0.4) is 0 Å². The Morgan fingerprint density at radius 2 is 1.95 bits per heavy atom. The summed E-state index contributed by atoms with van der Waals surface area (Å²) in [4.78, 5) is 13.2. The molecule has 0 saturated heterocycles. The lowest BCUT2D eigenvalue weighted by atomic mass is 10.0. The second kappa shape index (κ2) is 10.2. The van der Waals surface area contributed by atoms with Crippen LogP contribution in [0.2, 0.25) is 0 Å². The zero-order valence-electron chi connectivity index (χ0n) is 20.0. The molecule has 0 saturated carbocycles. The Labute approximate surface area is 210 Å². The topological polar surface area (TPSA) is 156 Å². The number of ether oxygens (including phenoxy) is 2. The van der Waals surface area contributed by atoms with E-state index in [4.69, 9.17) is 19.8 Å². The number of amides is 1. The molecule has 0 unspecified atom stereocenters. The third-order valence-electron chi connectivity index (χ3n) is 5.53. The molecule has 37 heavy (non-hydrogen) atoms. The molecule has 0 fully saturated rings. The van der Waals surface area contributed by atoms with Gasteiger partial charge in [0, 0.05) is 11.1 Å². The number of nitrogen functional groups attached to an aromatic ring is 1. The quantitative estimate of drug-likeness (QED) is 0.242. The summed E-state index contributed by atoms with van der Waals surface area (Å²) in [5.74, 6) is 0.782. The van der Waals surface area contributed by atoms with Crippen molar-refractivity contribution in [2.24, 2.45) is 5.10 Å². The van der Waals surface area contributed by atoms with E-state index in [1.807, 2.05) is 43.3 Å². The van der Waals surface area contributed by atoms with Gasteiger partial charge < -0.3 is 15.2 Å². The van der Waals surface area contributed by atoms with Crippen LogP contribution in [0.25, 0.3) is 27.8 Å². The smallest absolute Gasteiger partial charge is 0.294 e. The lowest BCUT2D eigenvalue weighted by molar-refractivity contribution is 0.0950. The lowest BCUT2D eigenvalue weighted by Gasteiger charge is -2.09. The van der Waals surface area contributed by atoms with E-state index in [1.54, 1.807) is 31.4 Å². The second-order valence-electron chi connectivity index (χ2n) is 7.73. The number of carbonyl (C=O) groups is 1. The highest BCUT2D eigenvalue weighted by Gasteiger charge is 2.25. The van der Waals surface area contributed by atoms with Crippen molar-refractivity contribution in [3.05, 3.63) is 71.9 Å². The number of hydrogen-bond acceptors (Lipinski definition) is 10. The van der Waals surface area contributed by atoms with E-state index in [2.05, 4.69) is 31.2 Å². The molecule has 0 aliphatic carbocycles. The molecule has 0 aliphatic rings. The van der Waals surface area contributed by atoms with Gasteiger partial charge in [-0.2, -0.15) is 9.78 Å². The molecule has 2 heterocycles. The SMILES string of the molecule is CCOc1ccc(-c2c(C(=O)N/N=C\c3c(OC)ccc4ccccc34)nnn2-c2nonc2N)cc1. The lowest BCUT2D eigenvalue weighted by Crippen LogP contribution is -2.19. The fraction of sp³-hybridized carbons (Fsp3) is 0.120. The summed E-state index contributed by atoms with van der Waals surface area (Å²) in [5.41, 5.74) is 10.0. The van der Waals surface area contributed by atoms with Crippen molar-refractivity contribution >= 4 is 28.7 Å². The number of rotatable bonds is 8. The summed E-state index contributed by atoms with van der Waals surface area (Å²) in [5, 5.41) is 21.6. The van der Waals surface area contributed by atoms with Crippen LogP contribution in [0.4, 0.5) is 5.82 Å². The molecule has 2 aromatic heterocycles. The van der Waals surface area contributed by atoms with Gasteiger partial charge in [-0.05, 0) is 58.3 Å². The van der Waals surface area contributed by atoms with Crippen LogP contribution in [0.5, 0.6) is 11.5 Å². The van der Waals surface area contributed by atoms with Crippen LogP contribution in [-0.2, 0) is 0 Å². The first-order valence-electron chi connectivity index (χ1n) is 11.3. The molecule has 12 nitrogen and oxygen atoms in total. The van der Waals surface area contributed by atoms with Gasteiger partial charge in [0.25, 0.3) is 5.91 Å². The number of methoxy groups -OCH3 is 1. The van der Waals surface area contributed by atoms with E-state index in [-0.39, 0.29) is 17.3 Å². The first kappa shape index (κ1) is 23.5. The van der Waals surface area contributed by atoms with Gasteiger partial charge in [-0.3, -0.25) is 4.79 Å². The summed E-state index contributed by atoms with van der Waals surface area (Å²) in [6, 6.07) is 18.7. The van der Waals surface area contributed by atoms with E-state index in [1.165, 1.54) is 10.9 Å². The minimum Gasteiger partial charge on any atom is -0.496 e. The third-order valence-corrected chi connectivity index (χ3v) is 5.53. The van der Waals surface area contributed by atoms with E-state index >= 15 is 0 Å². The standard InChI is InChI=1S/C25H22N8O4/c1-3-36-17-11-8-16(9-12-17)22-21(28-32-33(22)24-23(26)30-37-31-24)25(34)29-27-14-19-18-7-5-4-6-15(18)10-13-20(19)35-2/h4-14H,3H2,1-2H3,(H2,26,30)(H,29,34)/b27-14-. The van der Waals surface area contributed by atoms with Crippen molar-refractivity contribution in [2.75, 3.05) is 19.5 Å². The fourth-order valence-electron chi connectivity index (χ4n) is 3.85. The van der Waals surface area contributed by atoms with Crippen LogP contribution in [0.15, 0.2) is 70.4 Å². The number of hydrazone groups is 1. The summed E-state index contributed by atoms with van der Waals surface area (Å²) >= 11 is 0. The average Bonchev–Trinajstić information content (AvgIpc) is 3.55. The Morgan fingerprint density at radius 1 is 1.14 bits per heavy atom. The van der Waals surface area contributed by atoms with Gasteiger partial charge in [0.2, 0.25) is 11.6 Å². The Hall–Kier alpha value is -5.26. The number of hydrogen-bond donors (Lipinski definition) is 2. The third kappa shape index (κ3) is 4.55. The predicted octanol–water partition coefficient (Wildman–Crippen LogP) is 3.22.